The number of carboxylic acid groups (broad SMARTS) is 1. The molecule has 2 aromatic rings. The molecule has 1 atom stereocenters. The van der Waals surface area contributed by atoms with Crippen LogP contribution in [0, 0.1) is 6.92 Å². The Bertz CT molecular complexity index is 646. The third-order valence-corrected chi connectivity index (χ3v) is 3.03. The van der Waals surface area contributed by atoms with Gasteiger partial charge in [-0.25, -0.2) is 0 Å². The van der Waals surface area contributed by atoms with Gasteiger partial charge in [-0.2, -0.15) is 5.10 Å². The molecular weight excluding hydrogens is 270 g/mol. The second-order valence-corrected chi connectivity index (χ2v) is 5.01. The van der Waals surface area contributed by atoms with E-state index in [2.05, 4.69) is 15.5 Å². The van der Waals surface area contributed by atoms with Crippen molar-refractivity contribution in [3.8, 4) is 11.3 Å². The highest BCUT2D eigenvalue weighted by Crippen LogP contribution is 2.18. The van der Waals surface area contributed by atoms with Gasteiger partial charge in [0.25, 0.3) is 5.91 Å². The van der Waals surface area contributed by atoms with Crippen LogP contribution in [0.1, 0.15) is 29.4 Å². The topological polar surface area (TPSA) is 95.1 Å². The number of hydrogen-bond acceptors (Lipinski definition) is 3. The Morgan fingerprint density at radius 2 is 2.00 bits per heavy atom. The number of rotatable bonds is 5. The van der Waals surface area contributed by atoms with Gasteiger partial charge in [0.15, 0.2) is 0 Å². The Hall–Kier alpha value is -2.63. The molecule has 0 aliphatic heterocycles. The third-order valence-electron chi connectivity index (χ3n) is 3.03. The summed E-state index contributed by atoms with van der Waals surface area (Å²) in [6, 6.07) is 9.01. The van der Waals surface area contributed by atoms with Gasteiger partial charge in [-0.15, -0.1) is 0 Å². The van der Waals surface area contributed by atoms with Gasteiger partial charge in [0.2, 0.25) is 0 Å². The van der Waals surface area contributed by atoms with Crippen LogP contribution < -0.4 is 5.32 Å². The normalized spacial score (nSPS) is 11.9. The van der Waals surface area contributed by atoms with Crippen molar-refractivity contribution in [2.24, 2.45) is 0 Å². The van der Waals surface area contributed by atoms with Gasteiger partial charge in [0.05, 0.1) is 12.1 Å². The molecule has 0 aliphatic rings. The standard InChI is InChI=1S/C15H17N3O3/c1-9-3-5-11(6-4-9)12-8-13(18-17-12)15(21)16-10(2)7-14(19)20/h3-6,8,10H,7H2,1-2H3,(H,16,21)(H,17,18)(H,19,20). The summed E-state index contributed by atoms with van der Waals surface area (Å²) in [6.45, 7) is 3.64. The van der Waals surface area contributed by atoms with Crippen molar-refractivity contribution in [1.29, 1.82) is 0 Å². The fourth-order valence-corrected chi connectivity index (χ4v) is 1.92. The monoisotopic (exact) mass is 287 g/mol. The third kappa shape index (κ3) is 3.92. The molecule has 1 unspecified atom stereocenters. The second-order valence-electron chi connectivity index (χ2n) is 5.01. The maximum Gasteiger partial charge on any atom is 0.305 e. The van der Waals surface area contributed by atoms with E-state index in [9.17, 15) is 9.59 Å². The lowest BCUT2D eigenvalue weighted by atomic mass is 10.1. The second kappa shape index (κ2) is 6.21. The van der Waals surface area contributed by atoms with Gasteiger partial charge >= 0.3 is 5.97 Å². The van der Waals surface area contributed by atoms with Crippen LogP contribution in [0.2, 0.25) is 0 Å². The van der Waals surface area contributed by atoms with Crippen molar-refractivity contribution in [2.45, 2.75) is 26.3 Å². The predicted molar refractivity (Wildman–Crippen MR) is 77.9 cm³/mol. The molecule has 0 saturated heterocycles. The number of carbonyl (C=O) groups excluding carboxylic acids is 1. The summed E-state index contributed by atoms with van der Waals surface area (Å²) in [5.41, 5.74) is 3.04. The SMILES string of the molecule is Cc1ccc(-c2cc(C(=O)NC(C)CC(=O)O)[nH]n2)cc1. The zero-order valence-electron chi connectivity index (χ0n) is 11.9. The summed E-state index contributed by atoms with van der Waals surface area (Å²) in [5, 5.41) is 18.1. The number of carboxylic acids is 1. The van der Waals surface area contributed by atoms with Crippen molar-refractivity contribution in [1.82, 2.24) is 15.5 Å². The van der Waals surface area contributed by atoms with Crippen molar-refractivity contribution < 1.29 is 14.7 Å². The van der Waals surface area contributed by atoms with E-state index in [0.29, 0.717) is 11.4 Å². The van der Waals surface area contributed by atoms with E-state index in [4.69, 9.17) is 5.11 Å². The van der Waals surface area contributed by atoms with Gasteiger partial charge in [-0.1, -0.05) is 29.8 Å². The number of carbonyl (C=O) groups is 2. The van der Waals surface area contributed by atoms with Crippen molar-refractivity contribution in [2.75, 3.05) is 0 Å². The first-order valence-electron chi connectivity index (χ1n) is 6.61. The Morgan fingerprint density at radius 1 is 1.33 bits per heavy atom. The Kier molecular flexibility index (Phi) is 4.37. The molecular formula is C15H17N3O3. The molecule has 1 aromatic heterocycles. The first kappa shape index (κ1) is 14.8. The van der Waals surface area contributed by atoms with E-state index in [1.54, 1.807) is 13.0 Å². The average molecular weight is 287 g/mol. The average Bonchev–Trinajstić information content (AvgIpc) is 2.88. The summed E-state index contributed by atoms with van der Waals surface area (Å²) in [7, 11) is 0. The minimum Gasteiger partial charge on any atom is -0.481 e. The number of nitrogens with one attached hydrogen (secondary N) is 2. The highest BCUT2D eigenvalue weighted by molar-refractivity contribution is 5.93. The van der Waals surface area contributed by atoms with Crippen LogP contribution >= 0.6 is 0 Å². The molecule has 1 heterocycles. The molecule has 1 amide bonds. The summed E-state index contributed by atoms with van der Waals surface area (Å²) in [6.07, 6.45) is -0.120. The van der Waals surface area contributed by atoms with Crippen LogP contribution in [0.15, 0.2) is 30.3 Å². The van der Waals surface area contributed by atoms with Crippen LogP contribution in [-0.2, 0) is 4.79 Å². The van der Waals surface area contributed by atoms with Crippen molar-refractivity contribution in [3.63, 3.8) is 0 Å². The minimum atomic E-state index is -0.951. The quantitative estimate of drug-likeness (QED) is 0.783. The van der Waals surface area contributed by atoms with Crippen LogP contribution in [0.4, 0.5) is 0 Å². The molecule has 1 aromatic carbocycles. The van der Waals surface area contributed by atoms with Crippen LogP contribution in [-0.4, -0.2) is 33.2 Å². The molecule has 0 bridgehead atoms. The zero-order chi connectivity index (χ0) is 15.4. The zero-order valence-corrected chi connectivity index (χ0v) is 11.9. The van der Waals surface area contributed by atoms with E-state index >= 15 is 0 Å². The van der Waals surface area contributed by atoms with Crippen LogP contribution in [0.25, 0.3) is 11.3 Å². The molecule has 21 heavy (non-hydrogen) atoms. The maximum atomic E-state index is 12.0. The molecule has 3 N–H and O–H groups in total. The number of aromatic nitrogens is 2. The Morgan fingerprint density at radius 3 is 2.62 bits per heavy atom. The van der Waals surface area contributed by atoms with E-state index < -0.39 is 12.0 Å². The predicted octanol–water partition coefficient (Wildman–Crippen LogP) is 1.98. The lowest BCUT2D eigenvalue weighted by Crippen LogP contribution is -2.34. The fourth-order valence-electron chi connectivity index (χ4n) is 1.92. The first-order chi connectivity index (χ1) is 9.95. The number of H-pyrrole nitrogens is 1. The van der Waals surface area contributed by atoms with Crippen LogP contribution in [0.5, 0.6) is 0 Å². The van der Waals surface area contributed by atoms with E-state index in [0.717, 1.165) is 11.1 Å². The molecule has 2 rings (SSSR count). The number of aromatic amines is 1. The summed E-state index contributed by atoms with van der Waals surface area (Å²) >= 11 is 0. The van der Waals surface area contributed by atoms with E-state index in [1.807, 2.05) is 31.2 Å². The Balaban J connectivity index is 2.07. The number of hydrogen-bond donors (Lipinski definition) is 3. The molecule has 110 valence electrons. The highest BCUT2D eigenvalue weighted by atomic mass is 16.4. The number of amides is 1. The summed E-state index contributed by atoms with van der Waals surface area (Å²) in [4.78, 5) is 22.5. The van der Waals surface area contributed by atoms with Gasteiger partial charge in [-0.05, 0) is 19.9 Å². The number of aryl methyl sites for hydroxylation is 1. The van der Waals surface area contributed by atoms with Gasteiger partial charge in [0, 0.05) is 11.6 Å². The number of aliphatic carboxylic acids is 1. The lowest BCUT2D eigenvalue weighted by molar-refractivity contribution is -0.137. The summed E-state index contributed by atoms with van der Waals surface area (Å²) in [5.74, 6) is -1.32. The molecule has 0 spiro atoms. The number of nitrogens with zero attached hydrogens (tertiary/aromatic N) is 1. The van der Waals surface area contributed by atoms with Gasteiger partial charge < -0.3 is 10.4 Å². The maximum absolute atomic E-state index is 12.0. The molecule has 0 aliphatic carbocycles. The van der Waals surface area contributed by atoms with Gasteiger partial charge in [0.1, 0.15) is 5.69 Å². The van der Waals surface area contributed by atoms with E-state index in [-0.39, 0.29) is 12.3 Å². The fraction of sp³-hybridized carbons (Fsp3) is 0.267. The largest absolute Gasteiger partial charge is 0.481 e. The summed E-state index contributed by atoms with van der Waals surface area (Å²) < 4.78 is 0. The minimum absolute atomic E-state index is 0.120. The highest BCUT2D eigenvalue weighted by Gasteiger charge is 2.15. The molecule has 6 heteroatoms. The van der Waals surface area contributed by atoms with Crippen molar-refractivity contribution >= 4 is 11.9 Å². The van der Waals surface area contributed by atoms with Gasteiger partial charge in [-0.3, -0.25) is 14.7 Å². The lowest BCUT2D eigenvalue weighted by Gasteiger charge is -2.09. The smallest absolute Gasteiger partial charge is 0.305 e. The first-order valence-corrected chi connectivity index (χ1v) is 6.61. The van der Waals surface area contributed by atoms with Crippen molar-refractivity contribution in [3.05, 3.63) is 41.6 Å². The molecule has 6 nitrogen and oxygen atoms in total. The number of benzene rings is 1. The van der Waals surface area contributed by atoms with Crippen LogP contribution in [0.3, 0.4) is 0 Å². The molecule has 0 saturated carbocycles. The molecule has 0 radical (unpaired) electrons. The molecule has 0 fully saturated rings. The Labute approximate surface area is 122 Å². The van der Waals surface area contributed by atoms with E-state index in [1.165, 1.54) is 0 Å².